The maximum Gasteiger partial charge on any atom is 0.289 e. The van der Waals surface area contributed by atoms with Gasteiger partial charge in [0.15, 0.2) is 5.76 Å². The third-order valence-corrected chi connectivity index (χ3v) is 5.57. The molecule has 28 heavy (non-hydrogen) atoms. The normalized spacial score (nSPS) is 16.9. The molecular formula is C24H38N2O2. The van der Waals surface area contributed by atoms with Crippen molar-refractivity contribution in [1.29, 1.82) is 0 Å². The zero-order valence-corrected chi connectivity index (χ0v) is 18.2. The number of amides is 1. The highest BCUT2D eigenvalue weighted by Crippen LogP contribution is 2.16. The minimum Gasteiger partial charge on any atom is -0.459 e. The number of nitrogens with zero attached hydrogens (tertiary/aromatic N) is 2. The third kappa shape index (κ3) is 8.05. The van der Waals surface area contributed by atoms with Gasteiger partial charge in [0.25, 0.3) is 5.91 Å². The Bertz CT molecular complexity index is 634. The fourth-order valence-corrected chi connectivity index (χ4v) is 3.58. The van der Waals surface area contributed by atoms with Crippen LogP contribution < -0.4 is 0 Å². The molecule has 1 aliphatic rings. The van der Waals surface area contributed by atoms with Crippen LogP contribution in [0.3, 0.4) is 0 Å². The van der Waals surface area contributed by atoms with Gasteiger partial charge < -0.3 is 9.32 Å². The first-order chi connectivity index (χ1) is 13.5. The topological polar surface area (TPSA) is 36.7 Å². The quantitative estimate of drug-likeness (QED) is 0.496. The van der Waals surface area contributed by atoms with E-state index in [-0.39, 0.29) is 5.91 Å². The third-order valence-electron chi connectivity index (χ3n) is 5.57. The number of hydrogen-bond acceptors (Lipinski definition) is 3. The van der Waals surface area contributed by atoms with E-state index in [9.17, 15) is 4.79 Å². The number of furan rings is 1. The first-order valence-corrected chi connectivity index (χ1v) is 10.8. The zero-order valence-electron chi connectivity index (χ0n) is 18.2. The average molecular weight is 387 g/mol. The highest BCUT2D eigenvalue weighted by molar-refractivity contribution is 5.91. The van der Waals surface area contributed by atoms with Gasteiger partial charge in [0.1, 0.15) is 0 Å². The van der Waals surface area contributed by atoms with E-state index in [4.69, 9.17) is 4.42 Å². The van der Waals surface area contributed by atoms with Crippen molar-refractivity contribution < 1.29 is 9.21 Å². The number of allylic oxidation sites excluding steroid dienone is 4. The smallest absolute Gasteiger partial charge is 0.289 e. The van der Waals surface area contributed by atoms with E-state index < -0.39 is 0 Å². The molecule has 1 fully saturated rings. The van der Waals surface area contributed by atoms with Crippen LogP contribution in [-0.2, 0) is 0 Å². The average Bonchev–Trinajstić information content (AvgIpc) is 3.20. The van der Waals surface area contributed by atoms with Crippen LogP contribution in [0.5, 0.6) is 0 Å². The molecular weight excluding hydrogens is 348 g/mol. The molecule has 0 N–H and O–H groups in total. The van der Waals surface area contributed by atoms with Crippen molar-refractivity contribution in [2.75, 3.05) is 32.7 Å². The first-order valence-electron chi connectivity index (χ1n) is 10.8. The molecule has 0 bridgehead atoms. The van der Waals surface area contributed by atoms with Gasteiger partial charge in [-0.25, -0.2) is 0 Å². The van der Waals surface area contributed by atoms with E-state index in [0.717, 1.165) is 45.1 Å². The lowest BCUT2D eigenvalue weighted by Crippen LogP contribution is -2.48. The van der Waals surface area contributed by atoms with E-state index in [1.165, 1.54) is 36.8 Å². The summed E-state index contributed by atoms with van der Waals surface area (Å²) in [6.45, 7) is 13.6. The fraction of sp³-hybridized carbons (Fsp3) is 0.625. The van der Waals surface area contributed by atoms with Gasteiger partial charge in [0, 0.05) is 26.2 Å². The second-order valence-electron chi connectivity index (χ2n) is 8.45. The molecule has 1 amide bonds. The summed E-state index contributed by atoms with van der Waals surface area (Å²) in [4.78, 5) is 16.7. The molecule has 1 aliphatic heterocycles. The van der Waals surface area contributed by atoms with E-state index >= 15 is 0 Å². The van der Waals surface area contributed by atoms with Crippen molar-refractivity contribution in [2.45, 2.75) is 59.8 Å². The first kappa shape index (κ1) is 22.5. The molecule has 1 saturated heterocycles. The van der Waals surface area contributed by atoms with Crippen LogP contribution in [0.2, 0.25) is 0 Å². The molecule has 4 nitrogen and oxygen atoms in total. The Hall–Kier alpha value is -1.81. The standard InChI is InChI=1S/C24H38N2O2/c1-20(2)8-5-9-21(3)10-6-11-22(4)13-14-25-15-17-26(18-16-25)24(27)23-12-7-19-28-23/h7-8,10,12,19,22H,5-6,9,11,13-18H2,1-4H3/b21-10+. The van der Waals surface area contributed by atoms with E-state index in [2.05, 4.69) is 44.7 Å². The van der Waals surface area contributed by atoms with Gasteiger partial charge >= 0.3 is 0 Å². The van der Waals surface area contributed by atoms with Gasteiger partial charge in [-0.1, -0.05) is 30.2 Å². The molecule has 156 valence electrons. The molecule has 1 aromatic heterocycles. The SMILES string of the molecule is CC(C)=CCC/C(C)=C/CCC(C)CCN1CCN(C(=O)c2ccco2)CC1. The summed E-state index contributed by atoms with van der Waals surface area (Å²) in [5, 5.41) is 0. The Morgan fingerprint density at radius 2 is 1.86 bits per heavy atom. The lowest BCUT2D eigenvalue weighted by Gasteiger charge is -2.34. The van der Waals surface area contributed by atoms with Crippen molar-refractivity contribution in [3.63, 3.8) is 0 Å². The Morgan fingerprint density at radius 1 is 1.11 bits per heavy atom. The summed E-state index contributed by atoms with van der Waals surface area (Å²) in [6.07, 6.45) is 12.3. The lowest BCUT2D eigenvalue weighted by molar-refractivity contribution is 0.0600. The van der Waals surface area contributed by atoms with Crippen LogP contribution in [0, 0.1) is 5.92 Å². The second kappa shape index (κ2) is 11.9. The molecule has 1 atom stereocenters. The predicted octanol–water partition coefficient (Wildman–Crippen LogP) is 5.54. The number of hydrogen-bond donors (Lipinski definition) is 0. The molecule has 0 saturated carbocycles. The highest BCUT2D eigenvalue weighted by atomic mass is 16.3. The van der Waals surface area contributed by atoms with Gasteiger partial charge in [0.2, 0.25) is 0 Å². The molecule has 0 spiro atoms. The van der Waals surface area contributed by atoms with Gasteiger partial charge in [-0.15, -0.1) is 0 Å². The largest absolute Gasteiger partial charge is 0.459 e. The van der Waals surface area contributed by atoms with Crippen LogP contribution in [0.25, 0.3) is 0 Å². The predicted molar refractivity (Wildman–Crippen MR) is 116 cm³/mol. The Morgan fingerprint density at radius 3 is 2.50 bits per heavy atom. The molecule has 0 aromatic carbocycles. The summed E-state index contributed by atoms with van der Waals surface area (Å²) in [6, 6.07) is 3.51. The van der Waals surface area contributed by atoms with Crippen LogP contribution in [-0.4, -0.2) is 48.4 Å². The molecule has 0 radical (unpaired) electrons. The highest BCUT2D eigenvalue weighted by Gasteiger charge is 2.23. The maximum atomic E-state index is 12.3. The molecule has 4 heteroatoms. The van der Waals surface area contributed by atoms with Crippen LogP contribution >= 0.6 is 0 Å². The molecule has 1 aromatic rings. The fourth-order valence-electron chi connectivity index (χ4n) is 3.58. The number of piperazine rings is 1. The minimum absolute atomic E-state index is 0.0183. The molecule has 2 rings (SSSR count). The van der Waals surface area contributed by atoms with Gasteiger partial charge in [-0.05, 0) is 77.5 Å². The van der Waals surface area contributed by atoms with Crippen molar-refractivity contribution in [2.24, 2.45) is 5.92 Å². The van der Waals surface area contributed by atoms with Crippen LogP contribution in [0.1, 0.15) is 70.4 Å². The summed E-state index contributed by atoms with van der Waals surface area (Å²) >= 11 is 0. The summed E-state index contributed by atoms with van der Waals surface area (Å²) in [5.74, 6) is 1.21. The zero-order chi connectivity index (χ0) is 20.4. The number of carbonyl (C=O) groups is 1. The Kier molecular flexibility index (Phi) is 9.56. The van der Waals surface area contributed by atoms with Crippen molar-refractivity contribution in [3.8, 4) is 0 Å². The molecule has 0 aliphatic carbocycles. The van der Waals surface area contributed by atoms with E-state index in [1.807, 2.05) is 4.90 Å². The van der Waals surface area contributed by atoms with Crippen molar-refractivity contribution in [3.05, 3.63) is 47.5 Å². The number of rotatable bonds is 10. The van der Waals surface area contributed by atoms with Crippen LogP contribution in [0.4, 0.5) is 0 Å². The monoisotopic (exact) mass is 386 g/mol. The number of carbonyl (C=O) groups excluding carboxylic acids is 1. The summed E-state index contributed by atoms with van der Waals surface area (Å²) in [7, 11) is 0. The van der Waals surface area contributed by atoms with Crippen LogP contribution in [0.15, 0.2) is 46.1 Å². The van der Waals surface area contributed by atoms with E-state index in [0.29, 0.717) is 5.76 Å². The minimum atomic E-state index is 0.0183. The summed E-state index contributed by atoms with van der Waals surface area (Å²) in [5.41, 5.74) is 2.93. The Labute approximate surface area is 171 Å². The van der Waals surface area contributed by atoms with Gasteiger partial charge in [-0.2, -0.15) is 0 Å². The van der Waals surface area contributed by atoms with Crippen molar-refractivity contribution >= 4 is 5.91 Å². The van der Waals surface area contributed by atoms with E-state index in [1.54, 1.807) is 18.4 Å². The second-order valence-corrected chi connectivity index (χ2v) is 8.45. The molecule has 1 unspecified atom stereocenters. The van der Waals surface area contributed by atoms with Crippen molar-refractivity contribution in [1.82, 2.24) is 9.80 Å². The van der Waals surface area contributed by atoms with Gasteiger partial charge in [-0.3, -0.25) is 9.69 Å². The Balaban J connectivity index is 1.59. The lowest BCUT2D eigenvalue weighted by atomic mass is 9.99. The van der Waals surface area contributed by atoms with Gasteiger partial charge in [0.05, 0.1) is 6.26 Å². The molecule has 2 heterocycles. The summed E-state index contributed by atoms with van der Waals surface area (Å²) < 4.78 is 5.23. The maximum absolute atomic E-state index is 12.3.